The Hall–Kier alpha value is -0.840. The maximum Gasteiger partial charge on any atom is 0.0701 e. The van der Waals surface area contributed by atoms with E-state index in [9.17, 15) is 0 Å². The number of anilines is 1. The molecule has 0 radical (unpaired) electrons. The quantitative estimate of drug-likeness (QED) is 0.840. The molecule has 0 spiro atoms. The molecule has 1 aromatic heterocycles. The van der Waals surface area contributed by atoms with Gasteiger partial charge in [0.15, 0.2) is 0 Å². The lowest BCUT2D eigenvalue weighted by atomic mass is 10.2. The first-order valence-electron chi connectivity index (χ1n) is 6.58. The molecule has 0 unspecified atom stereocenters. The minimum Gasteiger partial charge on any atom is -0.369 e. The molecule has 2 nitrogen and oxygen atoms in total. The van der Waals surface area contributed by atoms with Crippen molar-refractivity contribution in [3.8, 4) is 0 Å². The van der Waals surface area contributed by atoms with Crippen molar-refractivity contribution < 1.29 is 0 Å². The smallest absolute Gasteiger partial charge is 0.0701 e. The van der Waals surface area contributed by atoms with Gasteiger partial charge in [-0.25, -0.2) is 0 Å². The fourth-order valence-electron chi connectivity index (χ4n) is 2.46. The third kappa shape index (κ3) is 3.38. The standard InChI is InChI=1S/C15H17BrN2S/c16-15-7-6-14(19-15)12-17-8-10-18(11-9-17)13-4-2-1-3-5-13/h1-7H,8-12H2. The molecule has 19 heavy (non-hydrogen) atoms. The van der Waals surface area contributed by atoms with Gasteiger partial charge in [-0.15, -0.1) is 11.3 Å². The van der Waals surface area contributed by atoms with Crippen LogP contribution in [0.5, 0.6) is 0 Å². The van der Waals surface area contributed by atoms with Crippen LogP contribution in [0.15, 0.2) is 46.3 Å². The molecule has 0 saturated carbocycles. The molecule has 0 bridgehead atoms. The fraction of sp³-hybridized carbons (Fsp3) is 0.333. The van der Waals surface area contributed by atoms with E-state index in [2.05, 4.69) is 68.2 Å². The molecule has 1 fully saturated rings. The molecule has 2 heterocycles. The molecule has 0 aliphatic carbocycles. The molecule has 3 rings (SSSR count). The molecule has 0 N–H and O–H groups in total. The number of piperazine rings is 1. The monoisotopic (exact) mass is 336 g/mol. The van der Waals surface area contributed by atoms with Gasteiger partial charge in [0.05, 0.1) is 3.79 Å². The minimum atomic E-state index is 1.08. The van der Waals surface area contributed by atoms with Gasteiger partial charge in [-0.1, -0.05) is 18.2 Å². The molecule has 1 saturated heterocycles. The van der Waals surface area contributed by atoms with E-state index in [1.165, 1.54) is 14.4 Å². The van der Waals surface area contributed by atoms with Crippen LogP contribution in [0.3, 0.4) is 0 Å². The number of halogens is 1. The van der Waals surface area contributed by atoms with E-state index in [0.29, 0.717) is 0 Å². The van der Waals surface area contributed by atoms with Crippen LogP contribution in [-0.2, 0) is 6.54 Å². The summed E-state index contributed by atoms with van der Waals surface area (Å²) >= 11 is 5.37. The fourth-order valence-corrected chi connectivity index (χ4v) is 3.99. The zero-order valence-electron chi connectivity index (χ0n) is 10.8. The summed E-state index contributed by atoms with van der Waals surface area (Å²) < 4.78 is 1.23. The first-order valence-corrected chi connectivity index (χ1v) is 8.19. The second kappa shape index (κ2) is 6.07. The molecule has 4 heteroatoms. The second-order valence-corrected chi connectivity index (χ2v) is 7.35. The first-order chi connectivity index (χ1) is 9.31. The highest BCUT2D eigenvalue weighted by molar-refractivity contribution is 9.11. The molecule has 0 atom stereocenters. The lowest BCUT2D eigenvalue weighted by Gasteiger charge is -2.35. The van der Waals surface area contributed by atoms with Crippen LogP contribution in [0.2, 0.25) is 0 Å². The third-order valence-electron chi connectivity index (χ3n) is 3.50. The zero-order valence-corrected chi connectivity index (χ0v) is 13.2. The highest BCUT2D eigenvalue weighted by atomic mass is 79.9. The van der Waals surface area contributed by atoms with Gasteiger partial charge < -0.3 is 4.90 Å². The van der Waals surface area contributed by atoms with Gasteiger partial charge in [0.25, 0.3) is 0 Å². The second-order valence-electron chi connectivity index (χ2n) is 4.80. The van der Waals surface area contributed by atoms with E-state index in [1.807, 2.05) is 11.3 Å². The predicted molar refractivity (Wildman–Crippen MR) is 86.0 cm³/mol. The number of para-hydroxylation sites is 1. The lowest BCUT2D eigenvalue weighted by Crippen LogP contribution is -2.45. The van der Waals surface area contributed by atoms with Crippen molar-refractivity contribution in [1.29, 1.82) is 0 Å². The third-order valence-corrected chi connectivity index (χ3v) is 5.11. The van der Waals surface area contributed by atoms with Crippen LogP contribution < -0.4 is 4.90 Å². The van der Waals surface area contributed by atoms with E-state index < -0.39 is 0 Å². The van der Waals surface area contributed by atoms with E-state index >= 15 is 0 Å². The number of hydrogen-bond donors (Lipinski definition) is 0. The summed E-state index contributed by atoms with van der Waals surface area (Å²) in [6.07, 6.45) is 0. The summed E-state index contributed by atoms with van der Waals surface area (Å²) in [7, 11) is 0. The van der Waals surface area contributed by atoms with Crippen LogP contribution in [0.4, 0.5) is 5.69 Å². The maximum atomic E-state index is 3.53. The van der Waals surface area contributed by atoms with Crippen molar-refractivity contribution in [3.05, 3.63) is 51.1 Å². The summed E-state index contributed by atoms with van der Waals surface area (Å²) in [5.41, 5.74) is 1.35. The van der Waals surface area contributed by atoms with Crippen LogP contribution in [0.25, 0.3) is 0 Å². The molecule has 100 valence electrons. The Morgan fingerprint density at radius 3 is 2.32 bits per heavy atom. The molecule has 2 aromatic rings. The van der Waals surface area contributed by atoms with Crippen molar-refractivity contribution in [2.24, 2.45) is 0 Å². The molecule has 0 amide bonds. The van der Waals surface area contributed by atoms with Gasteiger partial charge in [-0.3, -0.25) is 4.90 Å². The Bertz CT molecular complexity index is 518. The Balaban J connectivity index is 1.55. The predicted octanol–water partition coefficient (Wildman–Crippen LogP) is 3.83. The van der Waals surface area contributed by atoms with Gasteiger partial charge in [0, 0.05) is 43.3 Å². The maximum absolute atomic E-state index is 3.53. The van der Waals surface area contributed by atoms with Crippen LogP contribution >= 0.6 is 27.3 Å². The first kappa shape index (κ1) is 13.2. The number of rotatable bonds is 3. The Morgan fingerprint density at radius 2 is 1.68 bits per heavy atom. The van der Waals surface area contributed by atoms with Gasteiger partial charge in [-0.05, 0) is 40.2 Å². The lowest BCUT2D eigenvalue weighted by molar-refractivity contribution is 0.252. The molecular weight excluding hydrogens is 320 g/mol. The average molecular weight is 337 g/mol. The largest absolute Gasteiger partial charge is 0.369 e. The van der Waals surface area contributed by atoms with Crippen molar-refractivity contribution in [1.82, 2.24) is 4.90 Å². The number of hydrogen-bond acceptors (Lipinski definition) is 3. The van der Waals surface area contributed by atoms with Crippen LogP contribution in [0.1, 0.15) is 4.88 Å². The summed E-state index contributed by atoms with van der Waals surface area (Å²) in [4.78, 5) is 6.46. The minimum absolute atomic E-state index is 1.08. The summed E-state index contributed by atoms with van der Waals surface area (Å²) in [5, 5.41) is 0. The molecule has 1 aromatic carbocycles. The highest BCUT2D eigenvalue weighted by Crippen LogP contribution is 2.24. The summed E-state index contributed by atoms with van der Waals surface area (Å²) in [6, 6.07) is 15.1. The van der Waals surface area contributed by atoms with E-state index in [-0.39, 0.29) is 0 Å². The van der Waals surface area contributed by atoms with E-state index in [0.717, 1.165) is 32.7 Å². The van der Waals surface area contributed by atoms with Crippen LogP contribution in [0, 0.1) is 0 Å². The van der Waals surface area contributed by atoms with Gasteiger partial charge >= 0.3 is 0 Å². The van der Waals surface area contributed by atoms with Crippen molar-refractivity contribution in [2.45, 2.75) is 6.54 Å². The van der Waals surface area contributed by atoms with E-state index in [1.54, 1.807) is 0 Å². The summed E-state index contributed by atoms with van der Waals surface area (Å²) in [5.74, 6) is 0. The van der Waals surface area contributed by atoms with Crippen LogP contribution in [-0.4, -0.2) is 31.1 Å². The van der Waals surface area contributed by atoms with Crippen molar-refractivity contribution >= 4 is 33.0 Å². The Morgan fingerprint density at radius 1 is 0.947 bits per heavy atom. The molecule has 1 aliphatic rings. The van der Waals surface area contributed by atoms with E-state index in [4.69, 9.17) is 0 Å². The van der Waals surface area contributed by atoms with Gasteiger partial charge in [-0.2, -0.15) is 0 Å². The zero-order chi connectivity index (χ0) is 13.1. The normalized spacial score (nSPS) is 16.8. The van der Waals surface area contributed by atoms with Crippen molar-refractivity contribution in [2.75, 3.05) is 31.1 Å². The molecule has 1 aliphatic heterocycles. The topological polar surface area (TPSA) is 6.48 Å². The number of benzene rings is 1. The highest BCUT2D eigenvalue weighted by Gasteiger charge is 2.17. The SMILES string of the molecule is Brc1ccc(CN2CCN(c3ccccc3)CC2)s1. The number of nitrogens with zero attached hydrogens (tertiary/aromatic N) is 2. The average Bonchev–Trinajstić information content (AvgIpc) is 2.86. The molecular formula is C15H17BrN2S. The van der Waals surface area contributed by atoms with Gasteiger partial charge in [0.1, 0.15) is 0 Å². The summed E-state index contributed by atoms with van der Waals surface area (Å²) in [6.45, 7) is 5.61. The van der Waals surface area contributed by atoms with Gasteiger partial charge in [0.2, 0.25) is 0 Å². The Kier molecular flexibility index (Phi) is 4.21. The Labute approximate surface area is 126 Å². The number of thiophene rings is 1. The van der Waals surface area contributed by atoms with Crippen molar-refractivity contribution in [3.63, 3.8) is 0 Å².